The fourth-order valence-corrected chi connectivity index (χ4v) is 2.13. The molecule has 1 spiro atoms. The lowest BCUT2D eigenvalue weighted by Crippen LogP contribution is -2.35. The number of carbonyl (C=O) groups is 1. The Morgan fingerprint density at radius 1 is 1.21 bits per heavy atom. The summed E-state index contributed by atoms with van der Waals surface area (Å²) in [5.41, 5.74) is 1.12. The van der Waals surface area contributed by atoms with E-state index >= 15 is 0 Å². The van der Waals surface area contributed by atoms with E-state index in [9.17, 15) is 4.79 Å². The van der Waals surface area contributed by atoms with Crippen molar-refractivity contribution in [2.75, 3.05) is 11.4 Å². The molecule has 0 unspecified atom stereocenters. The van der Waals surface area contributed by atoms with E-state index < -0.39 is 0 Å². The molecule has 1 aromatic rings. The van der Waals surface area contributed by atoms with Gasteiger partial charge in [0.15, 0.2) is 0 Å². The van der Waals surface area contributed by atoms with Crippen LogP contribution in [-0.2, 0) is 0 Å². The lowest BCUT2D eigenvalue weighted by Gasteiger charge is -2.22. The Hall–Kier alpha value is -1.51. The maximum absolute atomic E-state index is 11.6. The molecule has 1 aromatic carbocycles. The van der Waals surface area contributed by atoms with Crippen molar-refractivity contribution in [2.45, 2.75) is 18.4 Å². The van der Waals surface area contributed by atoms with Crippen LogP contribution < -0.4 is 10.2 Å². The van der Waals surface area contributed by atoms with Crippen LogP contribution in [0.3, 0.4) is 0 Å². The van der Waals surface area contributed by atoms with Crippen LogP contribution in [0.25, 0.3) is 0 Å². The molecule has 2 aliphatic rings. The maximum Gasteiger partial charge on any atom is 0.322 e. The van der Waals surface area contributed by atoms with Crippen molar-refractivity contribution >= 4 is 11.7 Å². The zero-order valence-corrected chi connectivity index (χ0v) is 7.86. The molecular formula is C11H12N2O. The number of rotatable bonds is 1. The van der Waals surface area contributed by atoms with Gasteiger partial charge in [-0.05, 0) is 25.0 Å². The highest BCUT2D eigenvalue weighted by Gasteiger charge is 2.55. The van der Waals surface area contributed by atoms with E-state index in [1.165, 1.54) is 0 Å². The summed E-state index contributed by atoms with van der Waals surface area (Å²) in [7, 11) is 0. The molecule has 0 bridgehead atoms. The van der Waals surface area contributed by atoms with Gasteiger partial charge in [0.05, 0.1) is 5.54 Å². The van der Waals surface area contributed by atoms with Crippen LogP contribution in [0.2, 0.25) is 0 Å². The van der Waals surface area contributed by atoms with Gasteiger partial charge in [-0.15, -0.1) is 0 Å². The molecule has 2 fully saturated rings. The SMILES string of the molecule is O=C1NCC2(CC2)N1c1ccccc1. The first kappa shape index (κ1) is 7.85. The van der Waals surface area contributed by atoms with E-state index in [-0.39, 0.29) is 11.6 Å². The van der Waals surface area contributed by atoms with E-state index in [2.05, 4.69) is 5.32 Å². The topological polar surface area (TPSA) is 32.3 Å². The summed E-state index contributed by atoms with van der Waals surface area (Å²) in [6.45, 7) is 0.806. The zero-order chi connectivity index (χ0) is 9.60. The minimum atomic E-state index is 0.0497. The Morgan fingerprint density at radius 3 is 2.57 bits per heavy atom. The molecular weight excluding hydrogens is 176 g/mol. The molecule has 14 heavy (non-hydrogen) atoms. The minimum Gasteiger partial charge on any atom is -0.335 e. The van der Waals surface area contributed by atoms with Crippen LogP contribution in [0.1, 0.15) is 12.8 Å². The van der Waals surface area contributed by atoms with E-state index in [0.717, 1.165) is 25.1 Å². The Bertz CT molecular complexity index is 370. The van der Waals surface area contributed by atoms with E-state index in [1.54, 1.807) is 0 Å². The highest BCUT2D eigenvalue weighted by Crippen LogP contribution is 2.46. The first-order chi connectivity index (χ1) is 6.82. The zero-order valence-electron chi connectivity index (χ0n) is 7.86. The minimum absolute atomic E-state index is 0.0497. The first-order valence-corrected chi connectivity index (χ1v) is 4.95. The van der Waals surface area contributed by atoms with Crippen molar-refractivity contribution in [3.8, 4) is 0 Å². The van der Waals surface area contributed by atoms with Gasteiger partial charge >= 0.3 is 6.03 Å². The summed E-state index contributed by atoms with van der Waals surface area (Å²) in [5.74, 6) is 0. The normalized spacial score (nSPS) is 22.6. The summed E-state index contributed by atoms with van der Waals surface area (Å²) >= 11 is 0. The van der Waals surface area contributed by atoms with Gasteiger partial charge in [0, 0.05) is 12.2 Å². The Morgan fingerprint density at radius 2 is 1.93 bits per heavy atom. The van der Waals surface area contributed by atoms with E-state index in [0.29, 0.717) is 0 Å². The van der Waals surface area contributed by atoms with Gasteiger partial charge in [-0.25, -0.2) is 4.79 Å². The third-order valence-electron chi connectivity index (χ3n) is 3.09. The average Bonchev–Trinajstić information content (AvgIpc) is 2.90. The number of carbonyl (C=O) groups excluding carboxylic acids is 1. The van der Waals surface area contributed by atoms with Crippen LogP contribution in [0.4, 0.5) is 10.5 Å². The predicted octanol–water partition coefficient (Wildman–Crippen LogP) is 1.75. The Balaban J connectivity index is 2.01. The molecule has 3 nitrogen and oxygen atoms in total. The quantitative estimate of drug-likeness (QED) is 0.715. The lowest BCUT2D eigenvalue weighted by atomic mass is 10.2. The van der Waals surface area contributed by atoms with Crippen LogP contribution in [0.5, 0.6) is 0 Å². The third kappa shape index (κ3) is 0.953. The van der Waals surface area contributed by atoms with E-state index in [1.807, 2.05) is 35.2 Å². The molecule has 3 heteroatoms. The fraction of sp³-hybridized carbons (Fsp3) is 0.364. The predicted molar refractivity (Wildman–Crippen MR) is 54.3 cm³/mol. The molecule has 0 atom stereocenters. The van der Waals surface area contributed by atoms with Crippen molar-refractivity contribution in [2.24, 2.45) is 0 Å². The number of benzene rings is 1. The summed E-state index contributed by atoms with van der Waals surface area (Å²) in [4.78, 5) is 13.6. The average molecular weight is 188 g/mol. The molecule has 2 amide bonds. The van der Waals surface area contributed by atoms with Gasteiger partial charge in [-0.3, -0.25) is 4.90 Å². The molecule has 1 N–H and O–H groups in total. The van der Waals surface area contributed by atoms with Gasteiger partial charge in [0.2, 0.25) is 0 Å². The van der Waals surface area contributed by atoms with Gasteiger partial charge in [0.25, 0.3) is 0 Å². The summed E-state index contributed by atoms with van der Waals surface area (Å²) in [5, 5.41) is 2.91. The summed E-state index contributed by atoms with van der Waals surface area (Å²) < 4.78 is 0. The van der Waals surface area contributed by atoms with E-state index in [4.69, 9.17) is 0 Å². The van der Waals surface area contributed by atoms with Crippen LogP contribution >= 0.6 is 0 Å². The number of urea groups is 1. The maximum atomic E-state index is 11.6. The van der Waals surface area contributed by atoms with Gasteiger partial charge in [-0.2, -0.15) is 0 Å². The number of hydrogen-bond donors (Lipinski definition) is 1. The van der Waals surface area contributed by atoms with Crippen molar-refractivity contribution in [1.82, 2.24) is 5.32 Å². The molecule has 1 heterocycles. The number of nitrogens with one attached hydrogen (secondary N) is 1. The molecule has 72 valence electrons. The van der Waals surface area contributed by atoms with Crippen molar-refractivity contribution in [1.29, 1.82) is 0 Å². The largest absolute Gasteiger partial charge is 0.335 e. The van der Waals surface area contributed by atoms with Crippen molar-refractivity contribution in [3.63, 3.8) is 0 Å². The molecule has 1 aliphatic carbocycles. The number of para-hydroxylation sites is 1. The molecule has 0 radical (unpaired) electrons. The lowest BCUT2D eigenvalue weighted by molar-refractivity contribution is 0.251. The second-order valence-corrected chi connectivity index (χ2v) is 4.05. The monoisotopic (exact) mass is 188 g/mol. The number of amides is 2. The molecule has 1 saturated heterocycles. The number of anilines is 1. The second kappa shape index (κ2) is 2.50. The highest BCUT2D eigenvalue weighted by molar-refractivity contribution is 5.97. The highest BCUT2D eigenvalue weighted by atomic mass is 16.2. The van der Waals surface area contributed by atoms with Gasteiger partial charge in [0.1, 0.15) is 0 Å². The molecule has 1 aliphatic heterocycles. The Labute approximate surface area is 82.7 Å². The number of nitrogens with zero attached hydrogens (tertiary/aromatic N) is 1. The number of hydrogen-bond acceptors (Lipinski definition) is 1. The molecule has 3 rings (SSSR count). The fourth-order valence-electron chi connectivity index (χ4n) is 2.13. The Kier molecular flexibility index (Phi) is 1.40. The van der Waals surface area contributed by atoms with Crippen LogP contribution in [0, 0.1) is 0 Å². The smallest absolute Gasteiger partial charge is 0.322 e. The molecule has 0 aromatic heterocycles. The van der Waals surface area contributed by atoms with Gasteiger partial charge < -0.3 is 5.32 Å². The van der Waals surface area contributed by atoms with Crippen LogP contribution in [0.15, 0.2) is 30.3 Å². The standard InChI is InChI=1S/C11H12N2O/c14-10-12-8-11(6-7-11)13(10)9-4-2-1-3-5-9/h1-5H,6-8H2,(H,12,14). The van der Waals surface area contributed by atoms with Crippen molar-refractivity contribution < 1.29 is 4.79 Å². The van der Waals surface area contributed by atoms with Crippen molar-refractivity contribution in [3.05, 3.63) is 30.3 Å². The van der Waals surface area contributed by atoms with Crippen LogP contribution in [-0.4, -0.2) is 18.1 Å². The summed E-state index contributed by atoms with van der Waals surface area (Å²) in [6, 6.07) is 9.94. The third-order valence-corrected chi connectivity index (χ3v) is 3.09. The first-order valence-electron chi connectivity index (χ1n) is 4.95. The molecule has 1 saturated carbocycles. The van der Waals surface area contributed by atoms with Gasteiger partial charge in [-0.1, -0.05) is 18.2 Å². The summed E-state index contributed by atoms with van der Waals surface area (Å²) in [6.07, 6.45) is 2.25. The second-order valence-electron chi connectivity index (χ2n) is 4.05.